The lowest BCUT2D eigenvalue weighted by molar-refractivity contribution is -0.116. The average Bonchev–Trinajstić information content (AvgIpc) is 2.56. The highest BCUT2D eigenvalue weighted by Crippen LogP contribution is 2.21. The number of anilines is 1. The molecule has 0 aliphatic carbocycles. The first kappa shape index (κ1) is 18.7. The van der Waals surface area contributed by atoms with E-state index >= 15 is 0 Å². The summed E-state index contributed by atoms with van der Waals surface area (Å²) in [5.74, 6) is -1.65. The van der Waals surface area contributed by atoms with E-state index in [2.05, 4.69) is 5.32 Å². The minimum atomic E-state index is -1.17. The van der Waals surface area contributed by atoms with Crippen LogP contribution in [0.25, 0.3) is 0 Å². The van der Waals surface area contributed by atoms with Crippen LogP contribution in [0.5, 0.6) is 0 Å². The number of carboxylic acid groups (broad SMARTS) is 1. The Bertz CT molecular complexity index is 845. The minimum absolute atomic E-state index is 0.0107. The van der Waals surface area contributed by atoms with Gasteiger partial charge in [0.1, 0.15) is 0 Å². The summed E-state index contributed by atoms with van der Waals surface area (Å²) in [5.41, 5.74) is 2.94. The molecule has 0 fully saturated rings. The number of hydrogen-bond acceptors (Lipinski definition) is 3. The van der Waals surface area contributed by atoms with Crippen LogP contribution in [0.15, 0.2) is 36.4 Å². The molecule has 0 radical (unpaired) electrons. The smallest absolute Gasteiger partial charge is 0.337 e. The van der Waals surface area contributed by atoms with Crippen molar-refractivity contribution in [2.75, 3.05) is 5.32 Å². The predicted octanol–water partition coefficient (Wildman–Crippen LogP) is 4.26. The number of carboxylic acids is 1. The Balaban J connectivity index is 1.96. The number of aryl methyl sites for hydroxylation is 2. The van der Waals surface area contributed by atoms with E-state index in [0.717, 1.165) is 11.1 Å². The van der Waals surface area contributed by atoms with Crippen LogP contribution in [0.4, 0.5) is 5.69 Å². The van der Waals surface area contributed by atoms with Crippen molar-refractivity contribution in [2.45, 2.75) is 26.7 Å². The maximum Gasteiger partial charge on any atom is 0.337 e. The molecule has 0 aliphatic heterocycles. The molecular formula is C19H18ClNO4. The molecule has 0 aliphatic rings. The highest BCUT2D eigenvalue weighted by molar-refractivity contribution is 6.33. The summed E-state index contributed by atoms with van der Waals surface area (Å²) < 4.78 is 0. The van der Waals surface area contributed by atoms with Crippen LogP contribution in [0.2, 0.25) is 5.02 Å². The third-order valence-corrected chi connectivity index (χ3v) is 4.22. The SMILES string of the molecule is Cc1ccc(C(=O)CCC(=O)Nc2ccc(Cl)c(C(=O)O)c2)cc1C. The van der Waals surface area contributed by atoms with Crippen LogP contribution in [-0.4, -0.2) is 22.8 Å². The van der Waals surface area contributed by atoms with Crippen molar-refractivity contribution in [3.05, 3.63) is 63.7 Å². The fourth-order valence-corrected chi connectivity index (χ4v) is 2.48. The van der Waals surface area contributed by atoms with Crippen LogP contribution in [0, 0.1) is 13.8 Å². The van der Waals surface area contributed by atoms with Crippen LogP contribution in [0.1, 0.15) is 44.7 Å². The lowest BCUT2D eigenvalue weighted by Crippen LogP contribution is -2.14. The van der Waals surface area contributed by atoms with Gasteiger partial charge in [-0.2, -0.15) is 0 Å². The molecule has 5 nitrogen and oxygen atoms in total. The van der Waals surface area contributed by atoms with Gasteiger partial charge >= 0.3 is 5.97 Å². The summed E-state index contributed by atoms with van der Waals surface area (Å²) in [7, 11) is 0. The molecule has 2 N–H and O–H groups in total. The molecule has 6 heteroatoms. The van der Waals surface area contributed by atoms with Gasteiger partial charge in [-0.15, -0.1) is 0 Å². The van der Waals surface area contributed by atoms with Crippen LogP contribution >= 0.6 is 11.6 Å². The van der Waals surface area contributed by atoms with Gasteiger partial charge in [-0.1, -0.05) is 23.7 Å². The second-order valence-corrected chi connectivity index (χ2v) is 6.18. The first-order chi connectivity index (χ1) is 11.8. The molecule has 0 atom stereocenters. The largest absolute Gasteiger partial charge is 0.478 e. The number of carbonyl (C=O) groups excluding carboxylic acids is 2. The number of Topliss-reactive ketones (excluding diaryl/α,β-unsaturated/α-hetero) is 1. The quantitative estimate of drug-likeness (QED) is 0.755. The summed E-state index contributed by atoms with van der Waals surface area (Å²) >= 11 is 5.78. The molecule has 1 amide bonds. The molecule has 0 spiro atoms. The zero-order chi connectivity index (χ0) is 18.6. The molecule has 0 saturated carbocycles. The normalized spacial score (nSPS) is 10.4. The van der Waals surface area contributed by atoms with Crippen molar-refractivity contribution in [3.8, 4) is 0 Å². The topological polar surface area (TPSA) is 83.5 Å². The molecule has 0 heterocycles. The standard InChI is InChI=1S/C19H18ClNO4/c1-11-3-4-13(9-12(11)2)17(22)7-8-18(23)21-14-5-6-16(20)15(10-14)19(24)25/h3-6,9-10H,7-8H2,1-2H3,(H,21,23)(H,24,25). The van der Waals surface area contributed by atoms with Crippen LogP contribution in [0.3, 0.4) is 0 Å². The van der Waals surface area contributed by atoms with Gasteiger partial charge in [0, 0.05) is 24.1 Å². The van der Waals surface area contributed by atoms with E-state index in [4.69, 9.17) is 16.7 Å². The maximum atomic E-state index is 12.2. The predicted molar refractivity (Wildman–Crippen MR) is 96.5 cm³/mol. The maximum absolute atomic E-state index is 12.2. The summed E-state index contributed by atoms with van der Waals surface area (Å²) in [6.07, 6.45) is 0.0878. The van der Waals surface area contributed by atoms with Gasteiger partial charge in [0.15, 0.2) is 5.78 Å². The summed E-state index contributed by atoms with van der Waals surface area (Å²) in [6.45, 7) is 3.90. The first-order valence-corrected chi connectivity index (χ1v) is 8.09. The minimum Gasteiger partial charge on any atom is -0.478 e. The molecule has 0 bridgehead atoms. The number of hydrogen-bond donors (Lipinski definition) is 2. The third kappa shape index (κ3) is 4.90. The zero-order valence-corrected chi connectivity index (χ0v) is 14.7. The monoisotopic (exact) mass is 359 g/mol. The average molecular weight is 360 g/mol. The summed E-state index contributed by atoms with van der Waals surface area (Å²) in [6, 6.07) is 9.64. The molecule has 0 aromatic heterocycles. The van der Waals surface area contributed by atoms with E-state index in [1.165, 1.54) is 18.2 Å². The number of amides is 1. The number of nitrogens with one attached hydrogen (secondary N) is 1. The number of carbonyl (C=O) groups is 3. The fourth-order valence-electron chi connectivity index (χ4n) is 2.28. The Morgan fingerprint density at radius 2 is 1.72 bits per heavy atom. The van der Waals surface area contributed by atoms with Crippen molar-refractivity contribution < 1.29 is 19.5 Å². The van der Waals surface area contributed by atoms with Gasteiger partial charge in [-0.3, -0.25) is 9.59 Å². The molecule has 2 rings (SSSR count). The van der Waals surface area contributed by atoms with E-state index < -0.39 is 5.97 Å². The number of ketones is 1. The lowest BCUT2D eigenvalue weighted by atomic mass is 10.0. The van der Waals surface area contributed by atoms with Gasteiger partial charge < -0.3 is 10.4 Å². The van der Waals surface area contributed by atoms with Gasteiger partial charge in [0.25, 0.3) is 0 Å². The summed E-state index contributed by atoms with van der Waals surface area (Å²) in [5, 5.41) is 11.7. The second kappa shape index (κ2) is 7.94. The Morgan fingerprint density at radius 1 is 1.00 bits per heavy atom. The van der Waals surface area contributed by atoms with Crippen molar-refractivity contribution in [3.63, 3.8) is 0 Å². The first-order valence-electron chi connectivity index (χ1n) is 7.71. The number of rotatable bonds is 6. The second-order valence-electron chi connectivity index (χ2n) is 5.77. The highest BCUT2D eigenvalue weighted by Gasteiger charge is 2.13. The summed E-state index contributed by atoms with van der Waals surface area (Å²) in [4.78, 5) is 35.2. The van der Waals surface area contributed by atoms with Gasteiger partial charge in [-0.25, -0.2) is 4.79 Å². The highest BCUT2D eigenvalue weighted by atomic mass is 35.5. The van der Waals surface area contributed by atoms with E-state index in [1.807, 2.05) is 26.0 Å². The Morgan fingerprint density at radius 3 is 2.36 bits per heavy atom. The van der Waals surface area contributed by atoms with Crippen LogP contribution < -0.4 is 5.32 Å². The molecule has 130 valence electrons. The lowest BCUT2D eigenvalue weighted by Gasteiger charge is -2.08. The molecule has 2 aromatic rings. The molecule has 2 aromatic carbocycles. The fraction of sp³-hybridized carbons (Fsp3) is 0.211. The van der Waals surface area contributed by atoms with Gasteiger partial charge in [-0.05, 0) is 49.2 Å². The molecule has 0 unspecified atom stereocenters. The van der Waals surface area contributed by atoms with E-state index in [-0.39, 0.29) is 35.1 Å². The van der Waals surface area contributed by atoms with Gasteiger partial charge in [0.05, 0.1) is 10.6 Å². The van der Waals surface area contributed by atoms with Crippen molar-refractivity contribution in [1.82, 2.24) is 0 Å². The number of halogens is 1. The van der Waals surface area contributed by atoms with E-state index in [1.54, 1.807) is 6.07 Å². The Hall–Kier alpha value is -2.66. The third-order valence-electron chi connectivity index (χ3n) is 3.89. The Kier molecular flexibility index (Phi) is 5.93. The zero-order valence-electron chi connectivity index (χ0n) is 13.9. The number of benzene rings is 2. The van der Waals surface area contributed by atoms with E-state index in [9.17, 15) is 14.4 Å². The van der Waals surface area contributed by atoms with E-state index in [0.29, 0.717) is 11.3 Å². The van der Waals surface area contributed by atoms with Crippen molar-refractivity contribution in [2.24, 2.45) is 0 Å². The molecule has 0 saturated heterocycles. The number of aromatic carboxylic acids is 1. The molecular weight excluding hydrogens is 342 g/mol. The van der Waals surface area contributed by atoms with Crippen LogP contribution in [-0.2, 0) is 4.79 Å². The molecule has 25 heavy (non-hydrogen) atoms. The Labute approximate surface area is 150 Å². The van der Waals surface area contributed by atoms with Gasteiger partial charge in [0.2, 0.25) is 5.91 Å². The van der Waals surface area contributed by atoms with Crippen molar-refractivity contribution >= 4 is 34.9 Å². The van der Waals surface area contributed by atoms with Crippen molar-refractivity contribution in [1.29, 1.82) is 0 Å².